The van der Waals surface area contributed by atoms with E-state index in [1.54, 1.807) is 22.5 Å². The number of pyridine rings is 2. The molecule has 0 unspecified atom stereocenters. The molecular formula is C31H30N6O3. The van der Waals surface area contributed by atoms with Gasteiger partial charge in [0.15, 0.2) is 5.76 Å². The van der Waals surface area contributed by atoms with Crippen LogP contribution < -0.4 is 5.56 Å². The van der Waals surface area contributed by atoms with E-state index in [2.05, 4.69) is 45.6 Å². The Hall–Kier alpha value is -4.50. The van der Waals surface area contributed by atoms with Crippen LogP contribution in [0.5, 0.6) is 0 Å². The number of nitrogens with one attached hydrogen (secondary N) is 1. The van der Waals surface area contributed by atoms with Crippen LogP contribution >= 0.6 is 0 Å². The summed E-state index contributed by atoms with van der Waals surface area (Å²) in [6.07, 6.45) is 8.76. The summed E-state index contributed by atoms with van der Waals surface area (Å²) in [5, 5.41) is 10.3. The molecule has 0 bridgehead atoms. The third kappa shape index (κ3) is 4.14. The number of aromatic nitrogens is 6. The first kappa shape index (κ1) is 24.5. The van der Waals surface area contributed by atoms with Gasteiger partial charge in [0.1, 0.15) is 5.65 Å². The van der Waals surface area contributed by atoms with Crippen LogP contribution in [0.4, 0.5) is 0 Å². The van der Waals surface area contributed by atoms with Gasteiger partial charge in [0.25, 0.3) is 5.56 Å². The van der Waals surface area contributed by atoms with Gasteiger partial charge >= 0.3 is 0 Å². The Morgan fingerprint density at radius 1 is 1.02 bits per heavy atom. The number of benzene rings is 1. The number of aryl methyl sites for hydroxylation is 3. The monoisotopic (exact) mass is 534 g/mol. The molecule has 5 aromatic heterocycles. The van der Waals surface area contributed by atoms with Gasteiger partial charge in [-0.2, -0.15) is 5.10 Å². The molecule has 9 nitrogen and oxygen atoms in total. The van der Waals surface area contributed by atoms with Crippen LogP contribution in [0.25, 0.3) is 55.6 Å². The molecule has 1 aromatic carbocycles. The third-order valence-electron chi connectivity index (χ3n) is 8.02. The lowest BCUT2D eigenvalue weighted by molar-refractivity contribution is 0.0665. The maximum atomic E-state index is 13.9. The third-order valence-corrected chi connectivity index (χ3v) is 8.02. The first-order valence-electron chi connectivity index (χ1n) is 13.6. The predicted octanol–water partition coefficient (Wildman–Crippen LogP) is 5.41. The van der Waals surface area contributed by atoms with Gasteiger partial charge in [0, 0.05) is 61.5 Å². The number of hydrogen-bond acceptors (Lipinski definition) is 6. The Labute approximate surface area is 230 Å². The van der Waals surface area contributed by atoms with E-state index in [0.29, 0.717) is 17.2 Å². The summed E-state index contributed by atoms with van der Waals surface area (Å²) in [5.41, 5.74) is 7.45. The molecule has 1 aliphatic rings. The topological polar surface area (TPSA) is 104 Å². The summed E-state index contributed by atoms with van der Waals surface area (Å²) in [4.78, 5) is 22.0. The second-order valence-electron chi connectivity index (χ2n) is 10.8. The van der Waals surface area contributed by atoms with Crippen LogP contribution in [0, 0.1) is 12.8 Å². The fourth-order valence-electron chi connectivity index (χ4n) is 5.90. The van der Waals surface area contributed by atoms with Gasteiger partial charge in [0.05, 0.1) is 34.9 Å². The highest BCUT2D eigenvalue weighted by Gasteiger charge is 2.24. The van der Waals surface area contributed by atoms with E-state index >= 15 is 0 Å². The van der Waals surface area contributed by atoms with Crippen LogP contribution in [-0.4, -0.2) is 42.7 Å². The standard InChI is InChI=1S/C31H30N6O3/c1-18-12-26(40-35-18)29-27(21-6-4-19(5-7-21)13-20-8-10-39-11-9-20)28-23-14-24(22-15-33-36(2)17-22)34-30(23)32-16-25(28)37(3)31(29)38/h4-7,12,14-17,20H,8-11,13H2,1-3H3,(H,32,34). The average Bonchev–Trinajstić information content (AvgIpc) is 3.71. The molecule has 9 heteroatoms. The molecule has 0 aliphatic carbocycles. The minimum Gasteiger partial charge on any atom is -0.381 e. The van der Waals surface area contributed by atoms with Gasteiger partial charge in [-0.1, -0.05) is 29.4 Å². The number of aromatic amines is 1. The fraction of sp³-hybridized carbons (Fsp3) is 0.290. The number of rotatable bonds is 5. The Balaban J connectivity index is 1.48. The zero-order chi connectivity index (χ0) is 27.4. The van der Waals surface area contributed by atoms with Crippen LogP contribution in [0.3, 0.4) is 0 Å². The summed E-state index contributed by atoms with van der Waals surface area (Å²) in [6, 6.07) is 12.5. The number of fused-ring (bicyclic) bond motifs is 3. The Morgan fingerprint density at radius 2 is 1.82 bits per heavy atom. The van der Waals surface area contributed by atoms with Crippen molar-refractivity contribution in [1.82, 2.24) is 29.5 Å². The van der Waals surface area contributed by atoms with E-state index in [1.165, 1.54) is 5.56 Å². The van der Waals surface area contributed by atoms with Crippen molar-refractivity contribution in [2.75, 3.05) is 13.2 Å². The molecule has 1 N–H and O–H groups in total. The summed E-state index contributed by atoms with van der Waals surface area (Å²) in [5.74, 6) is 1.09. The molecule has 202 valence electrons. The van der Waals surface area contributed by atoms with Gasteiger partial charge in [-0.15, -0.1) is 0 Å². The average molecular weight is 535 g/mol. The summed E-state index contributed by atoms with van der Waals surface area (Å²) in [6.45, 7) is 3.53. The van der Waals surface area contributed by atoms with Crippen molar-refractivity contribution in [2.24, 2.45) is 20.0 Å². The smallest absolute Gasteiger partial charge is 0.262 e. The van der Waals surface area contributed by atoms with Crippen LogP contribution in [0.2, 0.25) is 0 Å². The van der Waals surface area contributed by atoms with Crippen molar-refractivity contribution in [1.29, 1.82) is 0 Å². The SMILES string of the molecule is Cc1cc(-c2c(-c3ccc(CC4CCOCC4)cc3)c3c4cc(-c5cnn(C)c5)[nH]c4ncc3n(C)c2=O)on1. The van der Waals surface area contributed by atoms with E-state index in [9.17, 15) is 4.79 Å². The molecular weight excluding hydrogens is 504 g/mol. The molecule has 40 heavy (non-hydrogen) atoms. The predicted molar refractivity (Wildman–Crippen MR) is 154 cm³/mol. The van der Waals surface area contributed by atoms with E-state index in [1.807, 2.05) is 32.4 Å². The molecule has 6 heterocycles. The van der Waals surface area contributed by atoms with Crippen LogP contribution in [0.1, 0.15) is 24.1 Å². The summed E-state index contributed by atoms with van der Waals surface area (Å²) >= 11 is 0. The second kappa shape index (κ2) is 9.60. The quantitative estimate of drug-likeness (QED) is 0.317. The maximum absolute atomic E-state index is 13.9. The summed E-state index contributed by atoms with van der Waals surface area (Å²) in [7, 11) is 3.67. The highest BCUT2D eigenvalue weighted by Crippen LogP contribution is 2.40. The van der Waals surface area contributed by atoms with Gasteiger partial charge in [-0.3, -0.25) is 9.48 Å². The molecule has 7 rings (SSSR count). The first-order chi connectivity index (χ1) is 19.5. The Kier molecular flexibility index (Phi) is 5.89. The molecule has 1 saturated heterocycles. The zero-order valence-corrected chi connectivity index (χ0v) is 22.8. The van der Waals surface area contributed by atoms with Gasteiger partial charge < -0.3 is 18.8 Å². The molecule has 1 fully saturated rings. The normalized spacial score (nSPS) is 14.5. The van der Waals surface area contributed by atoms with Crippen molar-refractivity contribution in [3.8, 4) is 33.7 Å². The van der Waals surface area contributed by atoms with E-state index in [4.69, 9.17) is 14.2 Å². The van der Waals surface area contributed by atoms with Crippen LogP contribution in [-0.2, 0) is 25.3 Å². The van der Waals surface area contributed by atoms with Crippen molar-refractivity contribution in [2.45, 2.75) is 26.2 Å². The lowest BCUT2D eigenvalue weighted by Crippen LogP contribution is -2.20. The lowest BCUT2D eigenvalue weighted by Gasteiger charge is -2.22. The lowest BCUT2D eigenvalue weighted by atomic mass is 9.90. The van der Waals surface area contributed by atoms with E-state index in [-0.39, 0.29) is 5.56 Å². The highest BCUT2D eigenvalue weighted by atomic mass is 16.5. The van der Waals surface area contributed by atoms with E-state index in [0.717, 1.165) is 82.5 Å². The highest BCUT2D eigenvalue weighted by molar-refractivity contribution is 6.15. The maximum Gasteiger partial charge on any atom is 0.262 e. The number of H-pyrrole nitrogens is 1. The molecule has 0 spiro atoms. The van der Waals surface area contributed by atoms with Crippen molar-refractivity contribution >= 4 is 21.9 Å². The largest absolute Gasteiger partial charge is 0.381 e. The number of hydrogen-bond donors (Lipinski definition) is 1. The Bertz CT molecular complexity index is 1920. The molecule has 6 aromatic rings. The Morgan fingerprint density at radius 3 is 2.52 bits per heavy atom. The van der Waals surface area contributed by atoms with Gasteiger partial charge in [0.2, 0.25) is 0 Å². The minimum atomic E-state index is -0.158. The summed E-state index contributed by atoms with van der Waals surface area (Å²) < 4.78 is 14.7. The molecule has 0 amide bonds. The van der Waals surface area contributed by atoms with Crippen molar-refractivity contribution < 1.29 is 9.26 Å². The minimum absolute atomic E-state index is 0.158. The zero-order valence-electron chi connectivity index (χ0n) is 22.8. The second-order valence-corrected chi connectivity index (χ2v) is 10.8. The van der Waals surface area contributed by atoms with Crippen molar-refractivity contribution in [3.63, 3.8) is 0 Å². The van der Waals surface area contributed by atoms with Crippen LogP contribution in [0.15, 0.2) is 64.3 Å². The van der Waals surface area contributed by atoms with E-state index < -0.39 is 0 Å². The van der Waals surface area contributed by atoms with Gasteiger partial charge in [-0.25, -0.2) is 4.98 Å². The fourth-order valence-corrected chi connectivity index (χ4v) is 5.90. The molecule has 0 atom stereocenters. The number of nitrogens with zero attached hydrogens (tertiary/aromatic N) is 5. The molecule has 0 radical (unpaired) electrons. The molecule has 1 aliphatic heterocycles. The first-order valence-corrected chi connectivity index (χ1v) is 13.6. The molecule has 0 saturated carbocycles. The number of ether oxygens (including phenoxy) is 1. The van der Waals surface area contributed by atoms with Gasteiger partial charge in [-0.05, 0) is 49.3 Å². The van der Waals surface area contributed by atoms with Crippen molar-refractivity contribution in [3.05, 3.63) is 76.6 Å².